The minimum absolute atomic E-state index is 0.0143. The molecule has 32 heteroatoms. The van der Waals surface area contributed by atoms with Crippen molar-refractivity contribution < 1.29 is 47.1 Å². The van der Waals surface area contributed by atoms with Crippen molar-refractivity contribution in [3.8, 4) is 35.5 Å². The summed E-state index contributed by atoms with van der Waals surface area (Å²) < 4.78 is 67.6. The highest BCUT2D eigenvalue weighted by Gasteiger charge is 2.50. The lowest BCUT2D eigenvalue weighted by molar-refractivity contribution is -0.606. The monoisotopic (exact) mass is 1600 g/mol. The highest BCUT2D eigenvalue weighted by molar-refractivity contribution is 5.64. The molecule has 0 unspecified atom stereocenters. The number of hydrogen-bond donors (Lipinski definition) is 11. The van der Waals surface area contributed by atoms with Crippen molar-refractivity contribution in [2.45, 2.75) is 188 Å². The maximum absolute atomic E-state index is 13.9. The van der Waals surface area contributed by atoms with E-state index in [2.05, 4.69) is 133 Å². The van der Waals surface area contributed by atoms with Crippen LogP contribution in [-0.4, -0.2) is 120 Å². The first-order chi connectivity index (χ1) is 55.8. The fourth-order valence-corrected chi connectivity index (χ4v) is 14.8. The Bertz CT molecular complexity index is 5040. The van der Waals surface area contributed by atoms with E-state index in [0.29, 0.717) is 81.4 Å². The Hall–Kier alpha value is -11.9. The maximum atomic E-state index is 13.9. The molecule has 0 bridgehead atoms. The van der Waals surface area contributed by atoms with E-state index in [1.807, 2.05) is 88.4 Å². The van der Waals surface area contributed by atoms with E-state index in [1.54, 1.807) is 18.6 Å². The Labute approximate surface area is 677 Å². The summed E-state index contributed by atoms with van der Waals surface area (Å²) >= 11 is 0. The van der Waals surface area contributed by atoms with E-state index in [9.17, 15) is 68.6 Å². The van der Waals surface area contributed by atoms with Crippen molar-refractivity contribution in [2.24, 2.45) is 34.0 Å². The fourth-order valence-electron chi connectivity index (χ4n) is 14.8. The molecule has 0 aliphatic heterocycles. The molecular formula is C85H99F5N22O5. The molecule has 9 aromatic rings. The number of aliphatic hydroxyl groups excluding tert-OH is 4. The molecule has 2 aromatic carbocycles. The number of aromatic nitrogens is 11. The van der Waals surface area contributed by atoms with Crippen LogP contribution in [-0.2, 0) is 44.6 Å². The number of benzene rings is 2. The van der Waals surface area contributed by atoms with Crippen molar-refractivity contribution in [3.63, 3.8) is 0 Å². The van der Waals surface area contributed by atoms with Crippen LogP contribution in [0, 0.1) is 84.5 Å². The standard InChI is InChI=1S/C23H24N6O.C21H25F2N5O2.C21H28N6O.C20H22F3N5O/c24-13-18-15-27-23(29-22(18)28-19-8-10-20(30)11-9-19)26-14-17-7-4-12-25-21(17)16-5-2-1-3-6-16;1-20(2)15(12-29)8-17(20)26-19-14(9-24)10-25-18(27-19)5-4-13-11-28(30)7-6-16(13)21(3,22)23;1-13(2)18-14(6-5-7-23-18)10-24-20-25-11-15(9-22)19(27-20)26-17-8-16(12-28)21(17,3)4;1-19(2)14(11-29)7-16(19)27-17-13(8-24)10-26-18(28-17)25-9-12-5-3-4-6-15(12)20(21,22)23/h1-7,12,15,19-20,30H,8-11,14H2,(H2,26,27,28,29);6-7,10-11,15,17,29H,4-5,8,12H2,1-3H3,(H,25,26,27);5-7,11,13,16-17,28H,8,10,12H2,1-4H3,(H2,24,25,26,27);3-6,10,14,16,29H,7,9,11H2,1-2H3,(H2,25,26,27,28)/t;15-,17-;16-,17-;14-,16+/m.110/s1. The lowest BCUT2D eigenvalue weighted by Crippen LogP contribution is -2.54. The van der Waals surface area contributed by atoms with Gasteiger partial charge < -0.3 is 62.9 Å². The van der Waals surface area contributed by atoms with Crippen LogP contribution in [0.15, 0.2) is 135 Å². The number of nitrogens with one attached hydrogen (secondary N) is 7. The van der Waals surface area contributed by atoms with Crippen molar-refractivity contribution in [3.05, 3.63) is 207 Å². The summed E-state index contributed by atoms with van der Waals surface area (Å²) in [7, 11) is 0. The number of alkyl halides is 5. The van der Waals surface area contributed by atoms with Gasteiger partial charge in [0, 0.05) is 118 Å². The molecule has 7 heterocycles. The lowest BCUT2D eigenvalue weighted by Gasteiger charge is -2.52. The number of aryl methyl sites for hydroxylation is 2. The summed E-state index contributed by atoms with van der Waals surface area (Å²) in [4.78, 5) is 43.6. The highest BCUT2D eigenvalue weighted by atomic mass is 19.4. The van der Waals surface area contributed by atoms with Gasteiger partial charge in [0.15, 0.2) is 12.4 Å². The van der Waals surface area contributed by atoms with Crippen molar-refractivity contribution in [2.75, 3.05) is 57.0 Å². The number of anilines is 7. The molecule has 4 aliphatic rings. The first kappa shape index (κ1) is 87.4. The molecule has 614 valence electrons. The molecule has 0 amide bonds. The average Bonchev–Trinajstić information content (AvgIpc) is 0.773. The number of halogens is 5. The SMILES string of the molecule is CC(C)c1ncccc1CNc1ncc(C#N)c(N[C@@H]2C[C@H](CO)C2(C)C)n1.CC(F)(F)c1cc[n+]([O-])cc1CCc1ncc(C#N)c(N[C@@H]2C[C@H](CO)C2(C)C)n1.CC1(C)[C@H](CO)C[C@H]1Nc1nc(NCc2ccccc2C(F)(F)F)ncc1C#N.N#Cc1cnc(NCc2cccnc2-c2ccccc2)nc1NC1CCC(O)CC1. The Balaban J connectivity index is 0.000000165. The van der Waals surface area contributed by atoms with Gasteiger partial charge >= 0.3 is 6.18 Å². The molecule has 11 N–H and O–H groups in total. The fraction of sp³-hybridized carbons (Fsp3) is 0.447. The quantitative estimate of drug-likeness (QED) is 0.0136. The molecule has 4 fully saturated rings. The van der Waals surface area contributed by atoms with Gasteiger partial charge in [0.2, 0.25) is 17.8 Å². The van der Waals surface area contributed by atoms with Gasteiger partial charge in [-0.2, -0.15) is 53.9 Å². The van der Waals surface area contributed by atoms with Crippen LogP contribution in [0.2, 0.25) is 0 Å². The van der Waals surface area contributed by atoms with E-state index >= 15 is 0 Å². The van der Waals surface area contributed by atoms with Crippen LogP contribution in [0.5, 0.6) is 0 Å². The second kappa shape index (κ2) is 38.7. The maximum Gasteiger partial charge on any atom is 0.416 e. The van der Waals surface area contributed by atoms with Crippen LogP contribution in [0.4, 0.5) is 63.1 Å². The van der Waals surface area contributed by atoms with E-state index in [4.69, 9.17) is 0 Å². The Kier molecular flexibility index (Phi) is 28.9. The molecule has 0 spiro atoms. The number of nitrogens with zero attached hydrogens (tertiary/aromatic N) is 15. The molecular weight excluding hydrogens is 1500 g/mol. The van der Waals surface area contributed by atoms with Gasteiger partial charge in [-0.25, -0.2) is 33.7 Å². The van der Waals surface area contributed by atoms with Gasteiger partial charge in [0.05, 0.1) is 42.1 Å². The normalized spacial score (nSPS) is 19.9. The van der Waals surface area contributed by atoms with Crippen LogP contribution in [0.25, 0.3) is 11.3 Å². The van der Waals surface area contributed by atoms with Crippen LogP contribution >= 0.6 is 0 Å². The van der Waals surface area contributed by atoms with Crippen molar-refractivity contribution in [1.29, 1.82) is 21.0 Å². The zero-order chi connectivity index (χ0) is 84.4. The van der Waals surface area contributed by atoms with Gasteiger partial charge in [0.25, 0.3) is 5.92 Å². The van der Waals surface area contributed by atoms with Crippen molar-refractivity contribution >= 4 is 41.1 Å². The summed E-state index contributed by atoms with van der Waals surface area (Å²) in [5.74, 6) is 1.07. The summed E-state index contributed by atoms with van der Waals surface area (Å²) in [6, 6.07) is 33.2. The lowest BCUT2D eigenvalue weighted by atomic mass is 9.59. The second-order valence-corrected chi connectivity index (χ2v) is 31.8. The molecule has 4 saturated carbocycles. The van der Waals surface area contributed by atoms with Gasteiger partial charge in [-0.05, 0) is 126 Å². The zero-order valence-corrected chi connectivity index (χ0v) is 66.8. The molecule has 6 atom stereocenters. The zero-order valence-electron chi connectivity index (χ0n) is 66.8. The third kappa shape index (κ3) is 22.0. The van der Waals surface area contributed by atoms with Crippen LogP contribution < -0.4 is 41.9 Å². The first-order valence-corrected chi connectivity index (χ1v) is 38.9. The molecule has 117 heavy (non-hydrogen) atoms. The summed E-state index contributed by atoms with van der Waals surface area (Å²) in [5, 5.41) is 110. The molecule has 0 radical (unpaired) electrons. The second-order valence-electron chi connectivity index (χ2n) is 31.8. The Morgan fingerprint density at radius 3 is 1.39 bits per heavy atom. The summed E-state index contributed by atoms with van der Waals surface area (Å²) in [5.41, 5.74) is 5.53. The van der Waals surface area contributed by atoms with Crippen LogP contribution in [0.3, 0.4) is 0 Å². The molecule has 13 rings (SSSR count). The van der Waals surface area contributed by atoms with Gasteiger partial charge in [-0.15, -0.1) is 0 Å². The average molecular weight is 1600 g/mol. The topological polar surface area (TPSA) is 416 Å². The highest BCUT2D eigenvalue weighted by Crippen LogP contribution is 2.50. The predicted octanol–water partition coefficient (Wildman–Crippen LogP) is 13.5. The molecule has 7 aromatic heterocycles. The largest absolute Gasteiger partial charge is 0.619 e. The number of aliphatic hydroxyl groups is 4. The predicted molar refractivity (Wildman–Crippen MR) is 432 cm³/mol. The summed E-state index contributed by atoms with van der Waals surface area (Å²) in [6.07, 6.45) is 12.9. The minimum atomic E-state index is -4.45. The number of rotatable bonds is 26. The van der Waals surface area contributed by atoms with Gasteiger partial charge in [-0.1, -0.05) is 116 Å². The van der Waals surface area contributed by atoms with Crippen molar-refractivity contribution in [1.82, 2.24) is 49.8 Å². The van der Waals surface area contributed by atoms with Crippen LogP contribution in [0.1, 0.15) is 180 Å². The van der Waals surface area contributed by atoms with E-state index in [0.717, 1.165) is 104 Å². The smallest absolute Gasteiger partial charge is 0.416 e. The number of nitriles is 4. The van der Waals surface area contributed by atoms with Gasteiger partial charge in [0.1, 0.15) is 75.6 Å². The number of hydrogen-bond acceptors (Lipinski definition) is 26. The third-order valence-electron chi connectivity index (χ3n) is 22.9. The molecule has 27 nitrogen and oxygen atoms in total. The van der Waals surface area contributed by atoms with E-state index in [-0.39, 0.29) is 132 Å². The summed E-state index contributed by atoms with van der Waals surface area (Å²) in [6.45, 7) is 18.7. The third-order valence-corrected chi connectivity index (χ3v) is 22.9. The first-order valence-electron chi connectivity index (χ1n) is 38.9. The molecule has 4 aliphatic carbocycles. The Morgan fingerprint density at radius 1 is 0.504 bits per heavy atom. The molecule has 0 saturated heterocycles. The number of pyridine rings is 3. The minimum Gasteiger partial charge on any atom is -0.619 e. The van der Waals surface area contributed by atoms with E-state index in [1.165, 1.54) is 36.8 Å². The Morgan fingerprint density at radius 2 is 0.932 bits per heavy atom. The van der Waals surface area contributed by atoms with Gasteiger partial charge in [-0.3, -0.25) is 9.97 Å². The van der Waals surface area contributed by atoms with E-state index < -0.39 is 17.7 Å².